The Morgan fingerprint density at radius 2 is 1.56 bits per heavy atom. The standard InChI is InChI=1S/C32H36N4O3/c37-30(22-26-6-2-1-3-7-26)36-21-5-9-31(36)39-23-34-27-16-12-24(13-17-27)10-11-25-14-18-28(19-15-25)35-32(38)29-8-4-20-33-29/h1-3,6-7,10-19,29,31,33-34H,4-5,8-9,20-23H2,(H,35,38)/b11-10+/t29-,31+/m0/s1. The highest BCUT2D eigenvalue weighted by Gasteiger charge is 2.29. The Kier molecular flexibility index (Phi) is 9.04. The van der Waals surface area contributed by atoms with Crippen LogP contribution >= 0.6 is 0 Å². The van der Waals surface area contributed by atoms with Crippen LogP contribution in [0.2, 0.25) is 0 Å². The van der Waals surface area contributed by atoms with Gasteiger partial charge in [0.15, 0.2) is 0 Å². The van der Waals surface area contributed by atoms with Gasteiger partial charge in [0.25, 0.3) is 0 Å². The third-order valence-corrected chi connectivity index (χ3v) is 7.20. The van der Waals surface area contributed by atoms with Crippen LogP contribution in [0.5, 0.6) is 0 Å². The molecule has 2 atom stereocenters. The number of hydrogen-bond acceptors (Lipinski definition) is 5. The topological polar surface area (TPSA) is 82.7 Å². The number of carbonyl (C=O) groups is 2. The van der Waals surface area contributed by atoms with Crippen molar-refractivity contribution in [2.24, 2.45) is 0 Å². The molecule has 202 valence electrons. The molecular formula is C32H36N4O3. The third kappa shape index (κ3) is 7.56. The van der Waals surface area contributed by atoms with E-state index in [1.165, 1.54) is 0 Å². The second-order valence-corrected chi connectivity index (χ2v) is 10.0. The summed E-state index contributed by atoms with van der Waals surface area (Å²) in [6, 6.07) is 25.8. The zero-order valence-corrected chi connectivity index (χ0v) is 22.1. The minimum Gasteiger partial charge on any atom is -0.363 e. The number of ether oxygens (including phenoxy) is 1. The van der Waals surface area contributed by atoms with Gasteiger partial charge in [-0.05, 0) is 73.2 Å². The molecule has 39 heavy (non-hydrogen) atoms. The van der Waals surface area contributed by atoms with E-state index in [-0.39, 0.29) is 24.1 Å². The van der Waals surface area contributed by atoms with Crippen LogP contribution in [-0.4, -0.2) is 48.8 Å². The molecule has 7 nitrogen and oxygen atoms in total. The maximum Gasteiger partial charge on any atom is 0.241 e. The summed E-state index contributed by atoms with van der Waals surface area (Å²) in [5, 5.41) is 9.50. The molecule has 0 unspecified atom stereocenters. The van der Waals surface area contributed by atoms with E-state index < -0.39 is 0 Å². The molecule has 2 amide bonds. The predicted molar refractivity (Wildman–Crippen MR) is 156 cm³/mol. The van der Waals surface area contributed by atoms with Gasteiger partial charge in [0, 0.05) is 17.9 Å². The van der Waals surface area contributed by atoms with Crippen molar-refractivity contribution in [1.29, 1.82) is 0 Å². The molecule has 0 spiro atoms. The molecule has 2 heterocycles. The number of anilines is 2. The van der Waals surface area contributed by atoms with Crippen molar-refractivity contribution >= 4 is 35.3 Å². The molecule has 0 aromatic heterocycles. The summed E-state index contributed by atoms with van der Waals surface area (Å²) in [5.41, 5.74) is 4.94. The fourth-order valence-electron chi connectivity index (χ4n) is 5.01. The number of benzene rings is 3. The van der Waals surface area contributed by atoms with Gasteiger partial charge in [-0.25, -0.2) is 0 Å². The van der Waals surface area contributed by atoms with Crippen molar-refractivity contribution < 1.29 is 14.3 Å². The Labute approximate surface area is 230 Å². The van der Waals surface area contributed by atoms with Crippen LogP contribution in [0, 0.1) is 0 Å². The molecule has 0 radical (unpaired) electrons. The highest BCUT2D eigenvalue weighted by Crippen LogP contribution is 2.21. The maximum absolute atomic E-state index is 12.8. The lowest BCUT2D eigenvalue weighted by Crippen LogP contribution is -2.39. The van der Waals surface area contributed by atoms with E-state index in [0.717, 1.165) is 66.8 Å². The van der Waals surface area contributed by atoms with Crippen LogP contribution in [0.25, 0.3) is 12.2 Å². The van der Waals surface area contributed by atoms with Gasteiger partial charge in [-0.2, -0.15) is 0 Å². The summed E-state index contributed by atoms with van der Waals surface area (Å²) in [5.74, 6) is 0.146. The van der Waals surface area contributed by atoms with Crippen LogP contribution in [0.4, 0.5) is 11.4 Å². The van der Waals surface area contributed by atoms with E-state index in [4.69, 9.17) is 4.74 Å². The predicted octanol–water partition coefficient (Wildman–Crippen LogP) is 5.12. The van der Waals surface area contributed by atoms with Gasteiger partial charge in [-0.15, -0.1) is 0 Å². The molecule has 2 fully saturated rings. The molecular weight excluding hydrogens is 488 g/mol. The second kappa shape index (κ2) is 13.2. The van der Waals surface area contributed by atoms with Crippen molar-refractivity contribution in [3.8, 4) is 0 Å². The van der Waals surface area contributed by atoms with Crippen molar-refractivity contribution in [1.82, 2.24) is 10.2 Å². The minimum atomic E-state index is -0.185. The Bertz CT molecular complexity index is 1250. The fourth-order valence-corrected chi connectivity index (χ4v) is 5.01. The van der Waals surface area contributed by atoms with Gasteiger partial charge in [-0.3, -0.25) is 9.59 Å². The van der Waals surface area contributed by atoms with Crippen molar-refractivity contribution in [3.05, 3.63) is 95.6 Å². The van der Waals surface area contributed by atoms with E-state index in [9.17, 15) is 9.59 Å². The molecule has 7 heteroatoms. The van der Waals surface area contributed by atoms with Gasteiger partial charge in [0.05, 0.1) is 12.5 Å². The molecule has 2 aliphatic rings. The summed E-state index contributed by atoms with van der Waals surface area (Å²) in [6.07, 6.45) is 8.09. The second-order valence-electron chi connectivity index (χ2n) is 10.0. The van der Waals surface area contributed by atoms with Crippen molar-refractivity contribution in [3.63, 3.8) is 0 Å². The summed E-state index contributed by atoms with van der Waals surface area (Å²) in [6.45, 7) is 1.99. The highest BCUT2D eigenvalue weighted by molar-refractivity contribution is 5.95. The van der Waals surface area contributed by atoms with Gasteiger partial charge >= 0.3 is 0 Å². The summed E-state index contributed by atoms with van der Waals surface area (Å²) < 4.78 is 6.03. The fraction of sp³-hybridized carbons (Fsp3) is 0.312. The summed E-state index contributed by atoms with van der Waals surface area (Å²) in [7, 11) is 0. The van der Waals surface area contributed by atoms with Crippen LogP contribution in [0.1, 0.15) is 42.4 Å². The number of rotatable bonds is 10. The molecule has 0 saturated carbocycles. The number of amides is 2. The first-order valence-corrected chi connectivity index (χ1v) is 13.8. The molecule has 3 N–H and O–H groups in total. The molecule has 3 aromatic carbocycles. The van der Waals surface area contributed by atoms with Crippen molar-refractivity contribution in [2.45, 2.75) is 44.4 Å². The van der Waals surface area contributed by atoms with Crippen LogP contribution in [0.3, 0.4) is 0 Å². The van der Waals surface area contributed by atoms with E-state index in [1.54, 1.807) is 0 Å². The molecule has 0 bridgehead atoms. The first kappa shape index (κ1) is 26.7. The van der Waals surface area contributed by atoms with E-state index in [0.29, 0.717) is 13.2 Å². The van der Waals surface area contributed by atoms with E-state index in [2.05, 4.69) is 28.1 Å². The Morgan fingerprint density at radius 1 is 0.872 bits per heavy atom. The molecule has 3 aromatic rings. The largest absolute Gasteiger partial charge is 0.363 e. The van der Waals surface area contributed by atoms with Crippen molar-refractivity contribution in [2.75, 3.05) is 30.5 Å². The average Bonchev–Trinajstić information content (AvgIpc) is 3.67. The number of nitrogens with one attached hydrogen (secondary N) is 3. The summed E-state index contributed by atoms with van der Waals surface area (Å²) in [4.78, 5) is 26.9. The normalized spacial score (nSPS) is 18.9. The smallest absolute Gasteiger partial charge is 0.241 e. The molecule has 5 rings (SSSR count). The van der Waals surface area contributed by atoms with E-state index in [1.807, 2.05) is 83.8 Å². The molecule has 2 aliphatic heterocycles. The number of hydrogen-bond donors (Lipinski definition) is 3. The Balaban J connectivity index is 1.06. The Morgan fingerprint density at radius 3 is 2.23 bits per heavy atom. The maximum atomic E-state index is 12.8. The number of carbonyl (C=O) groups excluding carboxylic acids is 2. The minimum absolute atomic E-state index is 0.0343. The quantitative estimate of drug-likeness (QED) is 0.253. The van der Waals surface area contributed by atoms with Gasteiger partial charge in [-0.1, -0.05) is 66.7 Å². The third-order valence-electron chi connectivity index (χ3n) is 7.20. The zero-order valence-electron chi connectivity index (χ0n) is 22.1. The van der Waals surface area contributed by atoms with Crippen LogP contribution < -0.4 is 16.0 Å². The summed E-state index contributed by atoms with van der Waals surface area (Å²) >= 11 is 0. The lowest BCUT2D eigenvalue weighted by molar-refractivity contribution is -0.140. The average molecular weight is 525 g/mol. The van der Waals surface area contributed by atoms with E-state index >= 15 is 0 Å². The Hall–Kier alpha value is -3.94. The number of nitrogens with zero attached hydrogens (tertiary/aromatic N) is 1. The monoisotopic (exact) mass is 524 g/mol. The van der Waals surface area contributed by atoms with Crippen LogP contribution in [0.15, 0.2) is 78.9 Å². The van der Waals surface area contributed by atoms with Gasteiger partial charge in [0.1, 0.15) is 13.0 Å². The van der Waals surface area contributed by atoms with Gasteiger partial charge < -0.3 is 25.6 Å². The lowest BCUT2D eigenvalue weighted by atomic mass is 10.1. The van der Waals surface area contributed by atoms with Gasteiger partial charge in [0.2, 0.25) is 11.8 Å². The first-order chi connectivity index (χ1) is 19.1. The number of likely N-dealkylation sites (tertiary alicyclic amines) is 1. The van der Waals surface area contributed by atoms with Crippen LogP contribution in [-0.2, 0) is 20.7 Å². The lowest BCUT2D eigenvalue weighted by Gasteiger charge is -2.25. The zero-order chi connectivity index (χ0) is 26.9. The molecule has 2 saturated heterocycles. The first-order valence-electron chi connectivity index (χ1n) is 13.8. The molecule has 0 aliphatic carbocycles. The highest BCUT2D eigenvalue weighted by atomic mass is 16.5. The SMILES string of the molecule is O=C(Nc1ccc(/C=C/c2ccc(NCO[C@@H]3CCCN3C(=O)Cc3ccccc3)cc2)cc1)[C@@H]1CCCN1.